The molecule has 94 valence electrons. The monoisotopic (exact) mass is 231 g/mol. The highest BCUT2D eigenvalue weighted by atomic mass is 16.5. The Morgan fingerprint density at radius 2 is 1.88 bits per heavy atom. The van der Waals surface area contributed by atoms with Crippen molar-refractivity contribution >= 4 is 11.9 Å². The zero-order valence-corrected chi connectivity index (χ0v) is 10.4. The van der Waals surface area contributed by atoms with Gasteiger partial charge in [-0.3, -0.25) is 9.59 Å². The molecule has 0 rings (SSSR count). The van der Waals surface area contributed by atoms with Gasteiger partial charge in [0.1, 0.15) is 6.10 Å². The average Bonchev–Trinajstić information content (AvgIpc) is 2.21. The second kappa shape index (κ2) is 7.22. The van der Waals surface area contributed by atoms with Gasteiger partial charge in [-0.1, -0.05) is 0 Å². The maximum Gasteiger partial charge on any atom is 0.303 e. The third kappa shape index (κ3) is 5.11. The first-order valence-corrected chi connectivity index (χ1v) is 5.45. The quantitative estimate of drug-likeness (QED) is 0.713. The number of carboxylic acids is 1. The molecule has 0 fully saturated rings. The summed E-state index contributed by atoms with van der Waals surface area (Å²) in [6.45, 7) is 5.95. The highest BCUT2D eigenvalue weighted by Gasteiger charge is 2.22. The molecule has 1 atom stereocenters. The van der Waals surface area contributed by atoms with Gasteiger partial charge in [-0.05, 0) is 27.2 Å². The van der Waals surface area contributed by atoms with Crippen LogP contribution in [0, 0.1) is 0 Å². The lowest BCUT2D eigenvalue weighted by molar-refractivity contribution is -0.144. The molecule has 5 heteroatoms. The fourth-order valence-electron chi connectivity index (χ4n) is 1.36. The van der Waals surface area contributed by atoms with Crippen LogP contribution < -0.4 is 0 Å². The highest BCUT2D eigenvalue weighted by Crippen LogP contribution is 2.06. The van der Waals surface area contributed by atoms with Gasteiger partial charge < -0.3 is 14.7 Å². The van der Waals surface area contributed by atoms with Crippen molar-refractivity contribution in [2.75, 3.05) is 13.7 Å². The van der Waals surface area contributed by atoms with E-state index < -0.39 is 12.1 Å². The largest absolute Gasteiger partial charge is 0.481 e. The Morgan fingerprint density at radius 1 is 1.31 bits per heavy atom. The number of ether oxygens (including phenoxy) is 1. The number of amides is 1. The van der Waals surface area contributed by atoms with E-state index in [1.54, 1.807) is 11.8 Å². The smallest absolute Gasteiger partial charge is 0.303 e. The van der Waals surface area contributed by atoms with Crippen LogP contribution in [0.5, 0.6) is 0 Å². The molecule has 0 aliphatic heterocycles. The van der Waals surface area contributed by atoms with Crippen molar-refractivity contribution in [1.82, 2.24) is 4.90 Å². The Balaban J connectivity index is 4.27. The van der Waals surface area contributed by atoms with Gasteiger partial charge in [0.15, 0.2) is 0 Å². The normalized spacial score (nSPS) is 12.6. The number of aliphatic carboxylic acids is 1. The molecule has 0 radical (unpaired) electrons. The van der Waals surface area contributed by atoms with Gasteiger partial charge in [0, 0.05) is 26.1 Å². The lowest BCUT2D eigenvalue weighted by atomic mass is 10.2. The predicted molar refractivity (Wildman–Crippen MR) is 60.2 cm³/mol. The van der Waals surface area contributed by atoms with Gasteiger partial charge in [0.2, 0.25) is 0 Å². The minimum atomic E-state index is -0.837. The van der Waals surface area contributed by atoms with Crippen LogP contribution in [0.3, 0.4) is 0 Å². The molecule has 0 aliphatic carbocycles. The summed E-state index contributed by atoms with van der Waals surface area (Å²) in [5.41, 5.74) is 0. The topological polar surface area (TPSA) is 66.8 Å². The van der Waals surface area contributed by atoms with E-state index in [0.717, 1.165) is 0 Å². The molecule has 1 unspecified atom stereocenters. The Kier molecular flexibility index (Phi) is 6.72. The minimum Gasteiger partial charge on any atom is -0.481 e. The van der Waals surface area contributed by atoms with Crippen LogP contribution >= 0.6 is 0 Å². The van der Waals surface area contributed by atoms with E-state index in [0.29, 0.717) is 13.0 Å². The summed E-state index contributed by atoms with van der Waals surface area (Å²) >= 11 is 0. The fourth-order valence-corrected chi connectivity index (χ4v) is 1.36. The van der Waals surface area contributed by atoms with Crippen LogP contribution in [-0.4, -0.2) is 47.7 Å². The minimum absolute atomic E-state index is 0.0545. The van der Waals surface area contributed by atoms with Crippen LogP contribution in [-0.2, 0) is 14.3 Å². The number of carbonyl (C=O) groups excluding carboxylic acids is 1. The lowest BCUT2D eigenvalue weighted by Crippen LogP contribution is -2.43. The summed E-state index contributed by atoms with van der Waals surface area (Å²) in [5, 5.41) is 8.53. The molecule has 0 saturated heterocycles. The molecule has 0 spiro atoms. The first kappa shape index (κ1) is 14.9. The van der Waals surface area contributed by atoms with Crippen LogP contribution in [0.15, 0.2) is 0 Å². The first-order chi connectivity index (χ1) is 7.40. The number of hydrogen-bond donors (Lipinski definition) is 1. The molecule has 5 nitrogen and oxygen atoms in total. The van der Waals surface area contributed by atoms with Crippen molar-refractivity contribution in [3.63, 3.8) is 0 Å². The molecule has 0 aromatic heterocycles. The summed E-state index contributed by atoms with van der Waals surface area (Å²) in [5.74, 6) is -0.932. The second-order valence-electron chi connectivity index (χ2n) is 4.00. The Bertz CT molecular complexity index is 240. The number of hydrogen-bond acceptors (Lipinski definition) is 3. The number of nitrogens with zero attached hydrogens (tertiary/aromatic N) is 1. The van der Waals surface area contributed by atoms with Crippen molar-refractivity contribution in [2.24, 2.45) is 0 Å². The van der Waals surface area contributed by atoms with E-state index in [1.165, 1.54) is 7.11 Å². The zero-order chi connectivity index (χ0) is 12.7. The second-order valence-corrected chi connectivity index (χ2v) is 4.00. The van der Waals surface area contributed by atoms with Crippen molar-refractivity contribution in [3.8, 4) is 0 Å². The average molecular weight is 231 g/mol. The van der Waals surface area contributed by atoms with E-state index in [1.807, 2.05) is 13.8 Å². The zero-order valence-electron chi connectivity index (χ0n) is 10.4. The number of carbonyl (C=O) groups is 2. The summed E-state index contributed by atoms with van der Waals surface area (Å²) in [6, 6.07) is 0.0545. The van der Waals surface area contributed by atoms with Gasteiger partial charge in [-0.25, -0.2) is 0 Å². The van der Waals surface area contributed by atoms with Crippen molar-refractivity contribution < 1.29 is 19.4 Å². The van der Waals surface area contributed by atoms with Crippen molar-refractivity contribution in [1.29, 1.82) is 0 Å². The van der Waals surface area contributed by atoms with E-state index in [2.05, 4.69) is 0 Å². The van der Waals surface area contributed by atoms with Gasteiger partial charge in [0.25, 0.3) is 5.91 Å². The standard InChI is InChI=1S/C11H21NO4/c1-8(2)12(7-5-6-10(13)14)11(15)9(3)16-4/h8-9H,5-7H2,1-4H3,(H,13,14). The molecule has 16 heavy (non-hydrogen) atoms. The Hall–Kier alpha value is -1.10. The van der Waals surface area contributed by atoms with E-state index in [-0.39, 0.29) is 18.4 Å². The maximum atomic E-state index is 11.8. The molecule has 0 heterocycles. The molecule has 1 amide bonds. The molecular weight excluding hydrogens is 210 g/mol. The van der Waals surface area contributed by atoms with Gasteiger partial charge in [0.05, 0.1) is 0 Å². The SMILES string of the molecule is COC(C)C(=O)N(CCCC(=O)O)C(C)C. The molecule has 0 aromatic carbocycles. The predicted octanol–water partition coefficient (Wildman–Crippen LogP) is 1.12. The first-order valence-electron chi connectivity index (χ1n) is 5.45. The molecule has 0 aromatic rings. The molecule has 1 N–H and O–H groups in total. The third-order valence-electron chi connectivity index (χ3n) is 2.40. The van der Waals surface area contributed by atoms with Crippen LogP contribution in [0.4, 0.5) is 0 Å². The fraction of sp³-hybridized carbons (Fsp3) is 0.818. The number of carboxylic acid groups (broad SMARTS) is 1. The molecule has 0 bridgehead atoms. The summed E-state index contributed by atoms with van der Waals surface area (Å²) in [7, 11) is 1.48. The third-order valence-corrected chi connectivity index (χ3v) is 2.40. The van der Waals surface area contributed by atoms with Crippen molar-refractivity contribution in [3.05, 3.63) is 0 Å². The van der Waals surface area contributed by atoms with E-state index in [4.69, 9.17) is 9.84 Å². The van der Waals surface area contributed by atoms with Crippen molar-refractivity contribution in [2.45, 2.75) is 45.8 Å². The number of methoxy groups -OCH3 is 1. The molecule has 0 aliphatic rings. The molecular formula is C11H21NO4. The number of rotatable bonds is 7. The summed E-state index contributed by atoms with van der Waals surface area (Å²) in [4.78, 5) is 23.9. The maximum absolute atomic E-state index is 11.8. The Labute approximate surface area is 96.4 Å². The van der Waals surface area contributed by atoms with Gasteiger partial charge in [-0.15, -0.1) is 0 Å². The highest BCUT2D eigenvalue weighted by molar-refractivity contribution is 5.80. The Morgan fingerprint density at radius 3 is 2.25 bits per heavy atom. The molecule has 0 saturated carbocycles. The summed E-state index contributed by atoms with van der Waals surface area (Å²) < 4.78 is 4.96. The van der Waals surface area contributed by atoms with Crippen LogP contribution in [0.25, 0.3) is 0 Å². The van der Waals surface area contributed by atoms with Crippen LogP contribution in [0.1, 0.15) is 33.6 Å². The van der Waals surface area contributed by atoms with Gasteiger partial charge in [-0.2, -0.15) is 0 Å². The van der Waals surface area contributed by atoms with Gasteiger partial charge >= 0.3 is 5.97 Å². The van der Waals surface area contributed by atoms with E-state index in [9.17, 15) is 9.59 Å². The lowest BCUT2D eigenvalue weighted by Gasteiger charge is -2.28. The summed E-state index contributed by atoms with van der Waals surface area (Å²) in [6.07, 6.45) is 0.0697. The van der Waals surface area contributed by atoms with E-state index >= 15 is 0 Å². The van der Waals surface area contributed by atoms with Crippen LogP contribution in [0.2, 0.25) is 0 Å².